The first-order chi connectivity index (χ1) is 10.2. The van der Waals surface area contributed by atoms with Crippen molar-refractivity contribution in [1.29, 1.82) is 0 Å². The molecule has 2 aliphatic rings. The summed E-state index contributed by atoms with van der Waals surface area (Å²) in [5, 5.41) is 3.03. The Morgan fingerprint density at radius 1 is 1.23 bits per heavy atom. The first-order valence-electron chi connectivity index (χ1n) is 7.42. The SMILES string of the molecule is CC1(C)[C@@]2(C)CC[C@@]1(C(=O)Nc1ccc(I)cc1)[C@H](Br)C2=O. The Hall–Kier alpha value is -0.430. The van der Waals surface area contributed by atoms with Crippen molar-refractivity contribution in [2.75, 3.05) is 5.32 Å². The Labute approximate surface area is 152 Å². The van der Waals surface area contributed by atoms with Gasteiger partial charge in [0.2, 0.25) is 5.91 Å². The molecule has 5 heteroatoms. The lowest BCUT2D eigenvalue weighted by molar-refractivity contribution is -0.130. The fourth-order valence-corrected chi connectivity index (χ4v) is 6.10. The van der Waals surface area contributed by atoms with Crippen molar-refractivity contribution in [2.45, 2.75) is 38.4 Å². The zero-order chi connectivity index (χ0) is 16.3. The first kappa shape index (κ1) is 16.4. The predicted molar refractivity (Wildman–Crippen MR) is 99.1 cm³/mol. The number of hydrogen-bond acceptors (Lipinski definition) is 2. The zero-order valence-corrected chi connectivity index (χ0v) is 16.6. The molecule has 0 aliphatic heterocycles. The Morgan fingerprint density at radius 3 is 2.32 bits per heavy atom. The molecule has 0 heterocycles. The predicted octanol–water partition coefficient (Wildman–Crippen LogP) is 4.39. The van der Waals surface area contributed by atoms with E-state index < -0.39 is 15.7 Å². The maximum atomic E-state index is 13.1. The molecular weight excluding hydrogens is 457 g/mol. The van der Waals surface area contributed by atoms with Gasteiger partial charge in [0.15, 0.2) is 5.78 Å². The van der Waals surface area contributed by atoms with Crippen LogP contribution >= 0.6 is 38.5 Å². The third-order valence-electron chi connectivity index (χ3n) is 6.23. The van der Waals surface area contributed by atoms with E-state index >= 15 is 0 Å². The van der Waals surface area contributed by atoms with Gasteiger partial charge in [-0.05, 0) is 65.1 Å². The van der Waals surface area contributed by atoms with Crippen LogP contribution in [0.15, 0.2) is 24.3 Å². The highest BCUT2D eigenvalue weighted by Crippen LogP contribution is 2.72. The Morgan fingerprint density at radius 2 is 1.82 bits per heavy atom. The number of carbonyl (C=O) groups is 2. The molecule has 0 radical (unpaired) electrons. The smallest absolute Gasteiger partial charge is 0.232 e. The summed E-state index contributed by atoms with van der Waals surface area (Å²) in [6.07, 6.45) is 1.52. The fraction of sp³-hybridized carbons (Fsp3) is 0.529. The van der Waals surface area contributed by atoms with Crippen LogP contribution in [0, 0.1) is 19.8 Å². The molecule has 22 heavy (non-hydrogen) atoms. The number of amides is 1. The van der Waals surface area contributed by atoms with Crippen LogP contribution < -0.4 is 5.32 Å². The van der Waals surface area contributed by atoms with Crippen LogP contribution in [-0.4, -0.2) is 16.5 Å². The van der Waals surface area contributed by atoms with Crippen LogP contribution in [0.4, 0.5) is 5.69 Å². The standard InChI is InChI=1S/C17H19BrINO2/c1-15(2)16(3)8-9-17(15,12(18)13(16)21)14(22)20-11-6-4-10(19)5-7-11/h4-7,12H,8-9H2,1-3H3,(H,20,22)/t12-,16+,17+/m1/s1. The van der Waals surface area contributed by atoms with Gasteiger partial charge < -0.3 is 5.32 Å². The largest absolute Gasteiger partial charge is 0.326 e. The minimum absolute atomic E-state index is 0.0461. The van der Waals surface area contributed by atoms with Crippen LogP contribution in [0.3, 0.4) is 0 Å². The topological polar surface area (TPSA) is 46.2 Å². The maximum Gasteiger partial charge on any atom is 0.232 e. The zero-order valence-electron chi connectivity index (χ0n) is 12.9. The summed E-state index contributed by atoms with van der Waals surface area (Å²) >= 11 is 5.78. The van der Waals surface area contributed by atoms with Crippen molar-refractivity contribution < 1.29 is 9.59 Å². The van der Waals surface area contributed by atoms with Gasteiger partial charge in [-0.1, -0.05) is 36.7 Å². The molecule has 0 aromatic heterocycles. The number of benzene rings is 1. The average Bonchev–Trinajstić information content (AvgIpc) is 2.74. The number of rotatable bonds is 2. The van der Waals surface area contributed by atoms with Crippen molar-refractivity contribution >= 4 is 55.9 Å². The molecule has 0 unspecified atom stereocenters. The molecule has 2 bridgehead atoms. The maximum absolute atomic E-state index is 13.1. The molecular formula is C17H19BrINO2. The van der Waals surface area contributed by atoms with Crippen molar-refractivity contribution in [3.63, 3.8) is 0 Å². The minimum atomic E-state index is -0.679. The van der Waals surface area contributed by atoms with E-state index in [-0.39, 0.29) is 17.1 Å². The summed E-state index contributed by atoms with van der Waals surface area (Å²) < 4.78 is 1.12. The second kappa shape index (κ2) is 5.03. The van der Waals surface area contributed by atoms with E-state index in [0.29, 0.717) is 0 Å². The Bertz CT molecular complexity index is 657. The number of alkyl halides is 1. The summed E-state index contributed by atoms with van der Waals surface area (Å²) in [5.74, 6) is 0.122. The molecule has 1 amide bonds. The Balaban J connectivity index is 1.97. The summed E-state index contributed by atoms with van der Waals surface area (Å²) in [7, 11) is 0. The lowest BCUT2D eigenvalue weighted by atomic mass is 9.64. The molecule has 1 aromatic rings. The number of fused-ring (bicyclic) bond motifs is 2. The Kier molecular flexibility index (Phi) is 3.76. The van der Waals surface area contributed by atoms with Crippen LogP contribution in [0.25, 0.3) is 0 Å². The molecule has 0 saturated heterocycles. The molecule has 0 spiro atoms. The highest BCUT2D eigenvalue weighted by atomic mass is 127. The van der Waals surface area contributed by atoms with Gasteiger partial charge in [0.1, 0.15) is 0 Å². The summed E-state index contributed by atoms with van der Waals surface area (Å²) in [6.45, 7) is 6.13. The second-order valence-corrected chi connectivity index (χ2v) is 9.28. The number of ketones is 1. The van der Waals surface area contributed by atoms with E-state index in [2.05, 4.69) is 57.7 Å². The minimum Gasteiger partial charge on any atom is -0.326 e. The third-order valence-corrected chi connectivity index (χ3v) is 8.14. The van der Waals surface area contributed by atoms with Gasteiger partial charge in [-0.25, -0.2) is 0 Å². The van der Waals surface area contributed by atoms with Crippen LogP contribution in [0.5, 0.6) is 0 Å². The molecule has 1 N–H and O–H groups in total. The average molecular weight is 476 g/mol. The fourth-order valence-electron chi connectivity index (χ4n) is 4.23. The van der Waals surface area contributed by atoms with Crippen molar-refractivity contribution in [2.24, 2.45) is 16.2 Å². The first-order valence-corrected chi connectivity index (χ1v) is 9.42. The monoisotopic (exact) mass is 475 g/mol. The van der Waals surface area contributed by atoms with Gasteiger partial charge in [-0.2, -0.15) is 0 Å². The number of anilines is 1. The number of nitrogens with one attached hydrogen (secondary N) is 1. The number of hydrogen-bond donors (Lipinski definition) is 1. The number of carbonyl (C=O) groups excluding carboxylic acids is 2. The number of halogens is 2. The van der Waals surface area contributed by atoms with Gasteiger partial charge in [-0.3, -0.25) is 9.59 Å². The summed E-state index contributed by atoms with van der Waals surface area (Å²) in [4.78, 5) is 25.4. The van der Waals surface area contributed by atoms with E-state index in [9.17, 15) is 9.59 Å². The molecule has 3 nitrogen and oxygen atoms in total. The van der Waals surface area contributed by atoms with Crippen LogP contribution in [-0.2, 0) is 9.59 Å². The van der Waals surface area contributed by atoms with Gasteiger partial charge >= 0.3 is 0 Å². The lowest BCUT2D eigenvalue weighted by Gasteiger charge is -2.39. The highest BCUT2D eigenvalue weighted by Gasteiger charge is 2.76. The molecule has 3 rings (SSSR count). The molecule has 3 atom stereocenters. The van der Waals surface area contributed by atoms with Crippen LogP contribution in [0.1, 0.15) is 33.6 Å². The molecule has 2 fully saturated rings. The van der Waals surface area contributed by atoms with Gasteiger partial charge in [0.05, 0.1) is 10.2 Å². The van der Waals surface area contributed by atoms with E-state index in [4.69, 9.17) is 0 Å². The summed E-state index contributed by atoms with van der Waals surface area (Å²) in [6, 6.07) is 7.72. The van der Waals surface area contributed by atoms with E-state index in [1.54, 1.807) is 0 Å². The molecule has 2 saturated carbocycles. The summed E-state index contributed by atoms with van der Waals surface area (Å²) in [5.41, 5.74) is -0.687. The van der Waals surface area contributed by atoms with Gasteiger partial charge in [-0.15, -0.1) is 0 Å². The highest BCUT2D eigenvalue weighted by molar-refractivity contribution is 14.1. The quantitative estimate of drug-likeness (QED) is 0.509. The molecule has 2 aliphatic carbocycles. The second-order valence-electron chi connectivity index (χ2n) is 7.12. The molecule has 1 aromatic carbocycles. The number of Topliss-reactive ketones (excluding diaryl/α,β-unsaturated/α-hetero) is 1. The third kappa shape index (κ3) is 1.84. The normalized spacial score (nSPS) is 35.7. The van der Waals surface area contributed by atoms with Gasteiger partial charge in [0.25, 0.3) is 0 Å². The molecule has 118 valence electrons. The van der Waals surface area contributed by atoms with Crippen molar-refractivity contribution in [3.8, 4) is 0 Å². The van der Waals surface area contributed by atoms with Crippen LogP contribution in [0.2, 0.25) is 0 Å². The lowest BCUT2D eigenvalue weighted by Crippen LogP contribution is -2.47. The van der Waals surface area contributed by atoms with Gasteiger partial charge in [0, 0.05) is 14.7 Å². The van der Waals surface area contributed by atoms with E-state index in [0.717, 1.165) is 22.1 Å². The van der Waals surface area contributed by atoms with E-state index in [1.807, 2.05) is 31.2 Å². The van der Waals surface area contributed by atoms with E-state index in [1.165, 1.54) is 0 Å². The van der Waals surface area contributed by atoms with Crippen molar-refractivity contribution in [3.05, 3.63) is 27.8 Å². The van der Waals surface area contributed by atoms with Crippen molar-refractivity contribution in [1.82, 2.24) is 0 Å².